The maximum absolute atomic E-state index is 12.5. The third-order valence-corrected chi connectivity index (χ3v) is 5.73. The summed E-state index contributed by atoms with van der Waals surface area (Å²) in [5.41, 5.74) is 1.60. The molecule has 1 aromatic rings. The molecule has 0 N–H and O–H groups in total. The molecule has 1 aromatic carbocycles. The average molecular weight is 330 g/mol. The second-order valence-corrected chi connectivity index (χ2v) is 7.88. The first-order valence-corrected chi connectivity index (χ1v) is 9.17. The van der Waals surface area contributed by atoms with Gasteiger partial charge in [-0.2, -0.15) is 0 Å². The van der Waals surface area contributed by atoms with Crippen LogP contribution in [-0.2, 0) is 4.79 Å². The summed E-state index contributed by atoms with van der Waals surface area (Å²) in [6, 6.07) is 8.07. The number of carbonyl (C=O) groups excluding carboxylic acids is 1. The van der Waals surface area contributed by atoms with Crippen molar-refractivity contribution < 1.29 is 9.53 Å². The van der Waals surface area contributed by atoms with Gasteiger partial charge in [0, 0.05) is 13.1 Å². The zero-order valence-electron chi connectivity index (χ0n) is 15.3. The molecule has 2 fully saturated rings. The molecule has 2 aliphatic heterocycles. The van der Waals surface area contributed by atoms with Crippen molar-refractivity contribution >= 4 is 5.91 Å². The van der Waals surface area contributed by atoms with Gasteiger partial charge < -0.3 is 14.5 Å². The van der Waals surface area contributed by atoms with Crippen molar-refractivity contribution in [1.29, 1.82) is 0 Å². The normalized spacial score (nSPS) is 20.8. The third-order valence-electron chi connectivity index (χ3n) is 5.73. The summed E-state index contributed by atoms with van der Waals surface area (Å²) < 4.78 is 5.76. The number of hydrogen-bond donors (Lipinski definition) is 0. The number of benzene rings is 1. The molecule has 0 radical (unpaired) electrons. The largest absolute Gasteiger partial charge is 0.484 e. The molecule has 4 heteroatoms. The summed E-state index contributed by atoms with van der Waals surface area (Å²) in [5.74, 6) is 1.38. The van der Waals surface area contributed by atoms with Crippen molar-refractivity contribution in [3.05, 3.63) is 29.8 Å². The molecule has 132 valence electrons. The number of rotatable bonds is 4. The average Bonchev–Trinajstić information content (AvgIpc) is 3.00. The minimum absolute atomic E-state index is 0.126. The van der Waals surface area contributed by atoms with Crippen molar-refractivity contribution in [3.8, 4) is 5.75 Å². The van der Waals surface area contributed by atoms with Crippen LogP contribution in [0.3, 0.4) is 0 Å². The minimum atomic E-state index is 0.126. The molecule has 2 saturated heterocycles. The predicted molar refractivity (Wildman–Crippen MR) is 96.4 cm³/mol. The summed E-state index contributed by atoms with van der Waals surface area (Å²) in [5, 5.41) is 0. The second kappa shape index (κ2) is 7.14. The van der Waals surface area contributed by atoms with E-state index >= 15 is 0 Å². The quantitative estimate of drug-likeness (QED) is 0.850. The van der Waals surface area contributed by atoms with Gasteiger partial charge >= 0.3 is 0 Å². The van der Waals surface area contributed by atoms with Gasteiger partial charge in [-0.15, -0.1) is 0 Å². The number of ether oxygens (including phenoxy) is 1. The molecule has 0 atom stereocenters. The molecule has 0 aromatic heterocycles. The van der Waals surface area contributed by atoms with Crippen LogP contribution in [0.1, 0.15) is 44.6 Å². The molecular weight excluding hydrogens is 300 g/mol. The van der Waals surface area contributed by atoms with Gasteiger partial charge in [0.05, 0.1) is 0 Å². The minimum Gasteiger partial charge on any atom is -0.484 e. The number of amides is 1. The van der Waals surface area contributed by atoms with Crippen molar-refractivity contribution in [2.24, 2.45) is 5.41 Å². The van der Waals surface area contributed by atoms with Gasteiger partial charge in [0.2, 0.25) is 0 Å². The van der Waals surface area contributed by atoms with E-state index in [4.69, 9.17) is 4.74 Å². The smallest absolute Gasteiger partial charge is 0.260 e. The Kier molecular flexibility index (Phi) is 5.14. The van der Waals surface area contributed by atoms with Crippen LogP contribution in [0.5, 0.6) is 5.75 Å². The molecule has 2 heterocycles. The van der Waals surface area contributed by atoms with Crippen LogP contribution in [0, 0.1) is 5.41 Å². The fourth-order valence-corrected chi connectivity index (χ4v) is 3.85. The van der Waals surface area contributed by atoms with Crippen molar-refractivity contribution in [2.45, 2.75) is 39.0 Å². The van der Waals surface area contributed by atoms with Crippen molar-refractivity contribution in [1.82, 2.24) is 9.80 Å². The van der Waals surface area contributed by atoms with Crippen LogP contribution in [-0.4, -0.2) is 55.5 Å². The highest BCUT2D eigenvalue weighted by Crippen LogP contribution is 2.40. The zero-order chi connectivity index (χ0) is 17.2. The van der Waals surface area contributed by atoms with Crippen LogP contribution < -0.4 is 4.74 Å². The Morgan fingerprint density at radius 1 is 1.21 bits per heavy atom. The van der Waals surface area contributed by atoms with E-state index < -0.39 is 0 Å². The molecule has 0 bridgehead atoms. The molecule has 3 rings (SSSR count). The Hall–Kier alpha value is -1.55. The molecule has 0 unspecified atom stereocenters. The van der Waals surface area contributed by atoms with E-state index in [1.165, 1.54) is 18.4 Å². The molecule has 0 saturated carbocycles. The van der Waals surface area contributed by atoms with Crippen LogP contribution in [0.15, 0.2) is 24.3 Å². The molecule has 2 aliphatic rings. The lowest BCUT2D eigenvalue weighted by Gasteiger charge is -2.37. The number of hydrogen-bond acceptors (Lipinski definition) is 3. The summed E-state index contributed by atoms with van der Waals surface area (Å²) in [7, 11) is 2.18. The number of carbonyl (C=O) groups is 1. The lowest BCUT2D eigenvalue weighted by Crippen LogP contribution is -2.41. The van der Waals surface area contributed by atoms with E-state index in [0.29, 0.717) is 11.3 Å². The van der Waals surface area contributed by atoms with Crippen LogP contribution >= 0.6 is 0 Å². The highest BCUT2D eigenvalue weighted by molar-refractivity contribution is 5.78. The molecule has 4 nitrogen and oxygen atoms in total. The van der Waals surface area contributed by atoms with E-state index in [2.05, 4.69) is 31.9 Å². The second-order valence-electron chi connectivity index (χ2n) is 7.88. The zero-order valence-corrected chi connectivity index (χ0v) is 15.3. The molecule has 0 aliphatic carbocycles. The van der Waals surface area contributed by atoms with Gasteiger partial charge in [0.25, 0.3) is 5.91 Å². The SMILES string of the molecule is CC(C)c1cccc(OCC(=O)N2CCC3(CCN(C)CC3)C2)c1. The van der Waals surface area contributed by atoms with Gasteiger partial charge in [-0.05, 0) is 68.4 Å². The van der Waals surface area contributed by atoms with E-state index in [9.17, 15) is 4.79 Å². The fraction of sp³-hybridized carbons (Fsp3) is 0.650. The molecule has 24 heavy (non-hydrogen) atoms. The topological polar surface area (TPSA) is 32.8 Å². The Bertz CT molecular complexity index is 577. The van der Waals surface area contributed by atoms with Crippen LogP contribution in [0.4, 0.5) is 0 Å². The Morgan fingerprint density at radius 3 is 2.62 bits per heavy atom. The third kappa shape index (κ3) is 3.92. The number of nitrogens with zero attached hydrogens (tertiary/aromatic N) is 2. The maximum atomic E-state index is 12.5. The van der Waals surface area contributed by atoms with Crippen molar-refractivity contribution in [2.75, 3.05) is 39.8 Å². The first kappa shape index (κ1) is 17.3. The van der Waals surface area contributed by atoms with E-state index in [1.807, 2.05) is 23.1 Å². The van der Waals surface area contributed by atoms with E-state index in [-0.39, 0.29) is 12.5 Å². The molecular formula is C20H30N2O2. The first-order chi connectivity index (χ1) is 11.5. The van der Waals surface area contributed by atoms with Gasteiger partial charge in [0.1, 0.15) is 5.75 Å². The fourth-order valence-electron chi connectivity index (χ4n) is 3.85. The van der Waals surface area contributed by atoms with E-state index in [1.54, 1.807) is 0 Å². The summed E-state index contributed by atoms with van der Waals surface area (Å²) >= 11 is 0. The van der Waals surface area contributed by atoms with Gasteiger partial charge in [-0.1, -0.05) is 26.0 Å². The highest BCUT2D eigenvalue weighted by Gasteiger charge is 2.41. The summed E-state index contributed by atoms with van der Waals surface area (Å²) in [4.78, 5) is 16.9. The number of piperidine rings is 1. The summed E-state index contributed by atoms with van der Waals surface area (Å²) in [6.45, 7) is 8.58. The van der Waals surface area contributed by atoms with Crippen LogP contribution in [0.25, 0.3) is 0 Å². The molecule has 1 spiro atoms. The Balaban J connectivity index is 1.52. The van der Waals surface area contributed by atoms with Gasteiger partial charge in [0.15, 0.2) is 6.61 Å². The van der Waals surface area contributed by atoms with Crippen LogP contribution in [0.2, 0.25) is 0 Å². The van der Waals surface area contributed by atoms with E-state index in [0.717, 1.165) is 38.3 Å². The maximum Gasteiger partial charge on any atom is 0.260 e. The Labute approximate surface area is 145 Å². The van der Waals surface area contributed by atoms with Gasteiger partial charge in [-0.25, -0.2) is 0 Å². The lowest BCUT2D eigenvalue weighted by atomic mass is 9.78. The lowest BCUT2D eigenvalue weighted by molar-refractivity contribution is -0.132. The highest BCUT2D eigenvalue weighted by atomic mass is 16.5. The monoisotopic (exact) mass is 330 g/mol. The summed E-state index contributed by atoms with van der Waals surface area (Å²) in [6.07, 6.45) is 3.57. The Morgan fingerprint density at radius 2 is 1.92 bits per heavy atom. The van der Waals surface area contributed by atoms with Crippen molar-refractivity contribution in [3.63, 3.8) is 0 Å². The standard InChI is InChI=1S/C20H30N2O2/c1-16(2)17-5-4-6-18(13-17)24-14-19(23)22-12-9-20(15-22)7-10-21(3)11-8-20/h4-6,13,16H,7-12,14-15H2,1-3H3. The molecule has 1 amide bonds. The number of likely N-dealkylation sites (tertiary alicyclic amines) is 2. The first-order valence-electron chi connectivity index (χ1n) is 9.17. The predicted octanol–water partition coefficient (Wildman–Crippen LogP) is 3.13. The van der Waals surface area contributed by atoms with Gasteiger partial charge in [-0.3, -0.25) is 4.79 Å².